The fourth-order valence-corrected chi connectivity index (χ4v) is 3.00. The quantitative estimate of drug-likeness (QED) is 0.805. The first-order valence-electron chi connectivity index (χ1n) is 8.27. The minimum atomic E-state index is -0.466. The largest absolute Gasteiger partial charge is 0.442 e. The molecule has 1 unspecified atom stereocenters. The van der Waals surface area contributed by atoms with E-state index in [0.717, 1.165) is 5.56 Å². The Morgan fingerprint density at radius 2 is 1.92 bits per heavy atom. The molecule has 2 amide bonds. The van der Waals surface area contributed by atoms with Crippen LogP contribution in [0.25, 0.3) is 0 Å². The van der Waals surface area contributed by atoms with Crippen molar-refractivity contribution in [3.8, 4) is 0 Å². The molecule has 3 rings (SSSR count). The van der Waals surface area contributed by atoms with Crippen molar-refractivity contribution in [1.29, 1.82) is 0 Å². The lowest BCUT2D eigenvalue weighted by Gasteiger charge is -2.14. The van der Waals surface area contributed by atoms with Gasteiger partial charge in [0.25, 0.3) is 0 Å². The normalized spacial score (nSPS) is 16.5. The molecule has 1 fully saturated rings. The summed E-state index contributed by atoms with van der Waals surface area (Å²) < 4.78 is 5.31. The molecule has 0 spiro atoms. The first kappa shape index (κ1) is 18.5. The van der Waals surface area contributed by atoms with Crippen LogP contribution in [0.4, 0.5) is 10.5 Å². The number of nitrogens with zero attached hydrogens (tertiary/aromatic N) is 1. The van der Waals surface area contributed by atoms with Gasteiger partial charge in [0.2, 0.25) is 5.91 Å². The SMILES string of the molecule is O=C(CCc1ccccc1)NCC1CN(c2ccc(Cl)c(Cl)c2)C(=O)O1. The maximum Gasteiger partial charge on any atom is 0.414 e. The topological polar surface area (TPSA) is 58.6 Å². The van der Waals surface area contributed by atoms with E-state index >= 15 is 0 Å². The Bertz CT molecular complexity index is 799. The van der Waals surface area contributed by atoms with Gasteiger partial charge in [-0.3, -0.25) is 9.69 Å². The van der Waals surface area contributed by atoms with Gasteiger partial charge in [0.1, 0.15) is 6.10 Å². The van der Waals surface area contributed by atoms with Crippen molar-refractivity contribution in [2.24, 2.45) is 0 Å². The number of ether oxygens (including phenoxy) is 1. The summed E-state index contributed by atoms with van der Waals surface area (Å²) in [5.74, 6) is -0.0714. The summed E-state index contributed by atoms with van der Waals surface area (Å²) in [5, 5.41) is 3.61. The van der Waals surface area contributed by atoms with Crippen LogP contribution < -0.4 is 10.2 Å². The molecular formula is C19H18Cl2N2O3. The number of benzene rings is 2. The average Bonchev–Trinajstić information content (AvgIpc) is 3.02. The molecule has 2 aromatic rings. The number of halogens is 2. The summed E-state index contributed by atoms with van der Waals surface area (Å²) in [7, 11) is 0. The Labute approximate surface area is 161 Å². The van der Waals surface area contributed by atoms with Gasteiger partial charge in [-0.25, -0.2) is 4.79 Å². The minimum absolute atomic E-state index is 0.0714. The number of hydrogen-bond acceptors (Lipinski definition) is 3. The van der Waals surface area contributed by atoms with E-state index in [-0.39, 0.29) is 12.5 Å². The molecule has 5 nitrogen and oxygen atoms in total. The highest BCUT2D eigenvalue weighted by Gasteiger charge is 2.32. The first-order chi connectivity index (χ1) is 12.5. The van der Waals surface area contributed by atoms with Gasteiger partial charge < -0.3 is 10.1 Å². The lowest BCUT2D eigenvalue weighted by Crippen LogP contribution is -2.34. The molecule has 136 valence electrons. The van der Waals surface area contributed by atoms with E-state index in [4.69, 9.17) is 27.9 Å². The third-order valence-corrected chi connectivity index (χ3v) is 4.84. The lowest BCUT2D eigenvalue weighted by atomic mass is 10.1. The van der Waals surface area contributed by atoms with Crippen LogP contribution in [-0.4, -0.2) is 31.2 Å². The van der Waals surface area contributed by atoms with E-state index in [1.807, 2.05) is 30.3 Å². The Morgan fingerprint density at radius 1 is 1.15 bits per heavy atom. The number of amides is 2. The van der Waals surface area contributed by atoms with Crippen LogP contribution in [0.2, 0.25) is 10.0 Å². The van der Waals surface area contributed by atoms with Crippen LogP contribution in [0.1, 0.15) is 12.0 Å². The number of aryl methyl sites for hydroxylation is 1. The van der Waals surface area contributed by atoms with Gasteiger partial charge in [0.05, 0.1) is 23.1 Å². The fourth-order valence-electron chi connectivity index (χ4n) is 2.71. The highest BCUT2D eigenvalue weighted by molar-refractivity contribution is 6.42. The van der Waals surface area contributed by atoms with E-state index in [9.17, 15) is 9.59 Å². The zero-order valence-corrected chi connectivity index (χ0v) is 15.5. The predicted molar refractivity (Wildman–Crippen MR) is 102 cm³/mol. The Balaban J connectivity index is 1.48. The second kappa shape index (κ2) is 8.43. The van der Waals surface area contributed by atoms with Crippen molar-refractivity contribution < 1.29 is 14.3 Å². The maximum atomic E-state index is 12.1. The second-order valence-electron chi connectivity index (χ2n) is 6.00. The highest BCUT2D eigenvalue weighted by Crippen LogP contribution is 2.29. The van der Waals surface area contributed by atoms with Gasteiger partial charge in [-0.15, -0.1) is 0 Å². The zero-order chi connectivity index (χ0) is 18.5. The molecule has 1 atom stereocenters. The molecule has 0 radical (unpaired) electrons. The van der Waals surface area contributed by atoms with Gasteiger partial charge in [0, 0.05) is 12.1 Å². The molecule has 0 saturated carbocycles. The van der Waals surface area contributed by atoms with Gasteiger partial charge >= 0.3 is 6.09 Å². The highest BCUT2D eigenvalue weighted by atomic mass is 35.5. The summed E-state index contributed by atoms with van der Waals surface area (Å²) in [6, 6.07) is 14.8. The number of nitrogens with one attached hydrogen (secondary N) is 1. The number of hydrogen-bond donors (Lipinski definition) is 1. The molecule has 2 aromatic carbocycles. The molecule has 1 aliphatic heterocycles. The molecule has 1 N–H and O–H groups in total. The van der Waals surface area contributed by atoms with Crippen molar-refractivity contribution >= 4 is 40.9 Å². The Kier molecular flexibility index (Phi) is 6.01. The van der Waals surface area contributed by atoms with Crippen LogP contribution in [0.3, 0.4) is 0 Å². The Morgan fingerprint density at radius 3 is 2.65 bits per heavy atom. The number of rotatable bonds is 6. The number of anilines is 1. The molecule has 0 bridgehead atoms. The first-order valence-corrected chi connectivity index (χ1v) is 9.02. The van der Waals surface area contributed by atoms with E-state index in [1.54, 1.807) is 18.2 Å². The van der Waals surface area contributed by atoms with Gasteiger partial charge in [0.15, 0.2) is 0 Å². The van der Waals surface area contributed by atoms with E-state index in [1.165, 1.54) is 4.90 Å². The van der Waals surface area contributed by atoms with Crippen LogP contribution in [-0.2, 0) is 16.0 Å². The summed E-state index contributed by atoms with van der Waals surface area (Å²) in [4.78, 5) is 25.5. The van der Waals surface area contributed by atoms with Crippen LogP contribution in [0, 0.1) is 0 Å². The minimum Gasteiger partial charge on any atom is -0.442 e. The molecule has 1 saturated heterocycles. The number of cyclic esters (lactones) is 1. The van der Waals surface area contributed by atoms with E-state index < -0.39 is 12.2 Å². The summed E-state index contributed by atoms with van der Waals surface area (Å²) in [5.41, 5.74) is 1.73. The molecular weight excluding hydrogens is 375 g/mol. The molecule has 1 aliphatic rings. The number of carbonyl (C=O) groups is 2. The van der Waals surface area contributed by atoms with E-state index in [0.29, 0.717) is 35.1 Å². The molecule has 0 aromatic heterocycles. The fraction of sp³-hybridized carbons (Fsp3) is 0.263. The molecule has 26 heavy (non-hydrogen) atoms. The van der Waals surface area contributed by atoms with Crippen molar-refractivity contribution in [2.75, 3.05) is 18.0 Å². The molecule has 7 heteroatoms. The summed E-state index contributed by atoms with van der Waals surface area (Å²) in [6.45, 7) is 0.618. The van der Waals surface area contributed by atoms with Crippen molar-refractivity contribution in [3.63, 3.8) is 0 Å². The predicted octanol–water partition coefficient (Wildman–Crippen LogP) is 4.07. The van der Waals surface area contributed by atoms with Crippen LogP contribution in [0.5, 0.6) is 0 Å². The second-order valence-corrected chi connectivity index (χ2v) is 6.82. The van der Waals surface area contributed by atoms with Crippen molar-refractivity contribution in [2.45, 2.75) is 18.9 Å². The van der Waals surface area contributed by atoms with Gasteiger partial charge in [-0.05, 0) is 30.2 Å². The molecule has 0 aliphatic carbocycles. The van der Waals surface area contributed by atoms with E-state index in [2.05, 4.69) is 5.32 Å². The molecule has 1 heterocycles. The van der Waals surface area contributed by atoms with Gasteiger partial charge in [-0.2, -0.15) is 0 Å². The third-order valence-electron chi connectivity index (χ3n) is 4.10. The summed E-state index contributed by atoms with van der Waals surface area (Å²) >= 11 is 11.9. The average molecular weight is 393 g/mol. The zero-order valence-electron chi connectivity index (χ0n) is 14.0. The third kappa shape index (κ3) is 4.68. The van der Waals surface area contributed by atoms with Crippen molar-refractivity contribution in [1.82, 2.24) is 5.32 Å². The maximum absolute atomic E-state index is 12.1. The smallest absolute Gasteiger partial charge is 0.414 e. The van der Waals surface area contributed by atoms with Crippen LogP contribution in [0.15, 0.2) is 48.5 Å². The summed E-state index contributed by atoms with van der Waals surface area (Å²) in [6.07, 6.45) is 0.192. The van der Waals surface area contributed by atoms with Gasteiger partial charge in [-0.1, -0.05) is 53.5 Å². The monoisotopic (exact) mass is 392 g/mol. The van der Waals surface area contributed by atoms with Crippen LogP contribution >= 0.6 is 23.2 Å². The van der Waals surface area contributed by atoms with Crippen molar-refractivity contribution in [3.05, 3.63) is 64.1 Å². The lowest BCUT2D eigenvalue weighted by molar-refractivity contribution is -0.121. The standard InChI is InChI=1S/C19H18Cl2N2O3/c20-16-8-7-14(10-17(16)21)23-12-15(26-19(23)25)11-22-18(24)9-6-13-4-2-1-3-5-13/h1-5,7-8,10,15H,6,9,11-12H2,(H,22,24). The Hall–Kier alpha value is -2.24. The number of carbonyl (C=O) groups excluding carboxylic acids is 2.